The molecule has 3 heterocycles. The lowest BCUT2D eigenvalue weighted by molar-refractivity contribution is 0.645. The van der Waals surface area contributed by atoms with E-state index >= 15 is 0 Å². The first-order valence-electron chi connectivity index (χ1n) is 5.89. The number of hydrogen-bond acceptors (Lipinski definition) is 3. The maximum Gasteiger partial charge on any atom is 0.179 e. The third kappa shape index (κ3) is 1.72. The molecule has 0 unspecified atom stereocenters. The van der Waals surface area contributed by atoms with Crippen molar-refractivity contribution in [2.45, 2.75) is 26.9 Å². The summed E-state index contributed by atoms with van der Waals surface area (Å²) in [7, 11) is 0. The van der Waals surface area contributed by atoms with Crippen molar-refractivity contribution < 1.29 is 0 Å². The van der Waals surface area contributed by atoms with Crippen molar-refractivity contribution in [1.29, 1.82) is 0 Å². The van der Waals surface area contributed by atoms with Gasteiger partial charge in [0, 0.05) is 11.4 Å². The summed E-state index contributed by atoms with van der Waals surface area (Å²) in [6.07, 6.45) is 0. The Kier molecular flexibility index (Phi) is 2.83. The maximum atomic E-state index is 5.42. The van der Waals surface area contributed by atoms with Crippen molar-refractivity contribution >= 4 is 34.7 Å². The number of imidazole rings is 1. The van der Waals surface area contributed by atoms with Gasteiger partial charge in [0.2, 0.25) is 0 Å². The van der Waals surface area contributed by atoms with Gasteiger partial charge in [0.1, 0.15) is 5.52 Å². The highest BCUT2D eigenvalue weighted by molar-refractivity contribution is 7.71. The van der Waals surface area contributed by atoms with Gasteiger partial charge in [-0.3, -0.25) is 4.57 Å². The number of H-pyrrole nitrogens is 1. The molecule has 0 aliphatic heterocycles. The van der Waals surface area contributed by atoms with Crippen LogP contribution in [0.3, 0.4) is 0 Å². The summed E-state index contributed by atoms with van der Waals surface area (Å²) in [5.41, 5.74) is 3.15. The van der Waals surface area contributed by atoms with Crippen molar-refractivity contribution in [2.24, 2.45) is 0 Å². The predicted molar refractivity (Wildman–Crippen MR) is 76.7 cm³/mol. The summed E-state index contributed by atoms with van der Waals surface area (Å²) in [4.78, 5) is 4.56. The van der Waals surface area contributed by atoms with E-state index in [1.165, 1.54) is 4.88 Å². The first-order chi connectivity index (χ1) is 8.70. The number of rotatable bonds is 3. The first-order valence-corrected chi connectivity index (χ1v) is 7.17. The highest BCUT2D eigenvalue weighted by atomic mass is 32.1. The molecule has 6 heteroatoms. The number of aryl methyl sites for hydroxylation is 2. The molecule has 0 aliphatic carbocycles. The SMILES string of the molecule is CCn1nc(C)c2[nH]c(=S)n(Cc3cccs3)c21. The fourth-order valence-corrected chi connectivity index (χ4v) is 3.13. The van der Waals surface area contributed by atoms with E-state index in [4.69, 9.17) is 12.2 Å². The quantitative estimate of drug-likeness (QED) is 0.746. The average molecular weight is 278 g/mol. The Balaban J connectivity index is 2.21. The van der Waals surface area contributed by atoms with Crippen molar-refractivity contribution in [1.82, 2.24) is 19.3 Å². The van der Waals surface area contributed by atoms with Crippen LogP contribution in [0.1, 0.15) is 17.5 Å². The van der Waals surface area contributed by atoms with Gasteiger partial charge in [-0.1, -0.05) is 6.07 Å². The predicted octanol–water partition coefficient (Wildman–Crippen LogP) is 3.33. The van der Waals surface area contributed by atoms with Crippen LogP contribution in [0.5, 0.6) is 0 Å². The molecule has 0 amide bonds. The first kappa shape index (κ1) is 11.7. The zero-order chi connectivity index (χ0) is 12.7. The van der Waals surface area contributed by atoms with Crippen molar-refractivity contribution in [3.05, 3.63) is 32.9 Å². The van der Waals surface area contributed by atoms with E-state index in [9.17, 15) is 0 Å². The minimum Gasteiger partial charge on any atom is -0.328 e. The number of aromatic amines is 1. The lowest BCUT2D eigenvalue weighted by Gasteiger charge is -2.04. The van der Waals surface area contributed by atoms with Crippen LogP contribution >= 0.6 is 23.6 Å². The summed E-state index contributed by atoms with van der Waals surface area (Å²) in [5, 5.41) is 6.61. The summed E-state index contributed by atoms with van der Waals surface area (Å²) < 4.78 is 4.89. The van der Waals surface area contributed by atoms with Crippen LogP contribution in [0.15, 0.2) is 17.5 Å². The average Bonchev–Trinajstić information content (AvgIpc) is 3.02. The molecule has 0 radical (unpaired) electrons. The van der Waals surface area contributed by atoms with Crippen LogP contribution in [-0.4, -0.2) is 19.3 Å². The van der Waals surface area contributed by atoms with Crippen LogP contribution in [-0.2, 0) is 13.1 Å². The topological polar surface area (TPSA) is 38.5 Å². The van der Waals surface area contributed by atoms with E-state index in [-0.39, 0.29) is 0 Å². The summed E-state index contributed by atoms with van der Waals surface area (Å²) in [6, 6.07) is 4.20. The minimum atomic E-state index is 0.765. The molecule has 0 saturated heterocycles. The molecule has 18 heavy (non-hydrogen) atoms. The van der Waals surface area contributed by atoms with E-state index in [1.54, 1.807) is 11.3 Å². The Morgan fingerprint density at radius 1 is 1.50 bits per heavy atom. The van der Waals surface area contributed by atoms with Gasteiger partial charge in [-0.15, -0.1) is 11.3 Å². The molecule has 0 spiro atoms. The molecule has 4 nitrogen and oxygen atoms in total. The normalized spacial score (nSPS) is 11.4. The minimum absolute atomic E-state index is 0.765. The standard InChI is InChI=1S/C12H14N4S2/c1-3-16-11-10(8(2)14-16)13-12(17)15(11)7-9-5-4-6-18-9/h4-6H,3,7H2,1-2H3,(H,13,17). The Hall–Kier alpha value is -1.40. The number of hydrogen-bond donors (Lipinski definition) is 1. The largest absolute Gasteiger partial charge is 0.328 e. The molecular formula is C12H14N4S2. The number of nitrogens with zero attached hydrogens (tertiary/aromatic N) is 3. The Morgan fingerprint density at radius 2 is 2.33 bits per heavy atom. The smallest absolute Gasteiger partial charge is 0.179 e. The number of thiophene rings is 1. The monoisotopic (exact) mass is 278 g/mol. The molecule has 94 valence electrons. The number of aromatic nitrogens is 4. The molecule has 0 aliphatic rings. The third-order valence-electron chi connectivity index (χ3n) is 3.03. The number of nitrogens with one attached hydrogen (secondary N) is 1. The molecule has 0 bridgehead atoms. The molecule has 1 N–H and O–H groups in total. The molecule has 3 aromatic rings. The lowest BCUT2D eigenvalue weighted by atomic mass is 10.4. The van der Waals surface area contributed by atoms with Crippen molar-refractivity contribution in [2.75, 3.05) is 0 Å². The van der Waals surface area contributed by atoms with Gasteiger partial charge in [-0.25, -0.2) is 4.68 Å². The van der Waals surface area contributed by atoms with E-state index in [0.717, 1.165) is 34.7 Å². The fourth-order valence-electron chi connectivity index (χ4n) is 2.19. The van der Waals surface area contributed by atoms with Crippen molar-refractivity contribution in [3.8, 4) is 0 Å². The van der Waals surface area contributed by atoms with Crippen LogP contribution < -0.4 is 0 Å². The second kappa shape index (κ2) is 4.37. The van der Waals surface area contributed by atoms with Crippen LogP contribution in [0.4, 0.5) is 0 Å². The van der Waals surface area contributed by atoms with E-state index in [2.05, 4.69) is 39.1 Å². The van der Waals surface area contributed by atoms with E-state index < -0.39 is 0 Å². The fraction of sp³-hybridized carbons (Fsp3) is 0.333. The summed E-state index contributed by atoms with van der Waals surface area (Å²) in [6.45, 7) is 5.76. The van der Waals surface area contributed by atoms with Gasteiger partial charge in [0.15, 0.2) is 10.4 Å². The van der Waals surface area contributed by atoms with Crippen LogP contribution in [0.25, 0.3) is 11.2 Å². The molecular weight excluding hydrogens is 264 g/mol. The number of fused-ring (bicyclic) bond motifs is 1. The Labute approximate surface area is 114 Å². The summed E-state index contributed by atoms with van der Waals surface area (Å²) >= 11 is 7.17. The highest BCUT2D eigenvalue weighted by Gasteiger charge is 2.14. The zero-order valence-electron chi connectivity index (χ0n) is 10.3. The van der Waals surface area contributed by atoms with Gasteiger partial charge < -0.3 is 4.98 Å². The van der Waals surface area contributed by atoms with Gasteiger partial charge in [-0.05, 0) is 37.5 Å². The van der Waals surface area contributed by atoms with Gasteiger partial charge in [0.25, 0.3) is 0 Å². The van der Waals surface area contributed by atoms with E-state index in [1.807, 2.05) is 11.6 Å². The van der Waals surface area contributed by atoms with E-state index in [0.29, 0.717) is 0 Å². The molecule has 3 aromatic heterocycles. The lowest BCUT2D eigenvalue weighted by Crippen LogP contribution is -2.05. The van der Waals surface area contributed by atoms with Gasteiger partial charge >= 0.3 is 0 Å². The molecule has 0 aromatic carbocycles. The van der Waals surface area contributed by atoms with Gasteiger partial charge in [0.05, 0.1) is 12.2 Å². The van der Waals surface area contributed by atoms with Crippen LogP contribution in [0.2, 0.25) is 0 Å². The maximum absolute atomic E-state index is 5.42. The second-order valence-corrected chi connectivity index (χ2v) is 5.61. The second-order valence-electron chi connectivity index (χ2n) is 4.20. The highest BCUT2D eigenvalue weighted by Crippen LogP contribution is 2.20. The summed E-state index contributed by atoms with van der Waals surface area (Å²) in [5.74, 6) is 0. The molecule has 0 saturated carbocycles. The Bertz CT molecular complexity index is 730. The zero-order valence-corrected chi connectivity index (χ0v) is 11.9. The van der Waals surface area contributed by atoms with Crippen LogP contribution in [0, 0.1) is 11.7 Å². The molecule has 0 atom stereocenters. The van der Waals surface area contributed by atoms with Crippen molar-refractivity contribution in [3.63, 3.8) is 0 Å². The molecule has 0 fully saturated rings. The third-order valence-corrected chi connectivity index (χ3v) is 4.21. The molecule has 3 rings (SSSR count). The van der Waals surface area contributed by atoms with Gasteiger partial charge in [-0.2, -0.15) is 5.10 Å². The Morgan fingerprint density at radius 3 is 3.00 bits per heavy atom.